The Labute approximate surface area is 79.7 Å². The topological polar surface area (TPSA) is 107 Å². The maximum atomic E-state index is 10.5. The smallest absolute Gasteiger partial charge is 0.335 e. The van der Waals surface area contributed by atoms with E-state index in [0.29, 0.717) is 0 Å². The van der Waals surface area contributed by atoms with E-state index in [1.807, 2.05) is 5.92 Å². The molecule has 78 valence electrons. The molecule has 1 fully saturated rings. The highest BCUT2D eigenvalue weighted by Crippen LogP contribution is 2.20. The van der Waals surface area contributed by atoms with Crippen LogP contribution in [-0.4, -0.2) is 56.9 Å². The summed E-state index contributed by atoms with van der Waals surface area (Å²) in [6, 6.07) is 0. The Kier molecular flexibility index (Phi) is 3.08. The van der Waals surface area contributed by atoms with Crippen molar-refractivity contribution in [3.8, 4) is 12.3 Å². The molecule has 0 radical (unpaired) electrons. The molecule has 1 aliphatic heterocycles. The number of terminal acetylenes is 1. The number of hydrogen-bond donors (Lipinski definition) is 4. The SMILES string of the molecule is C#CC1O[C@H](C(=O)O)C(O)C(O)C1O. The molecule has 14 heavy (non-hydrogen) atoms. The Hall–Kier alpha value is -1.13. The first-order valence-electron chi connectivity index (χ1n) is 3.87. The van der Waals surface area contributed by atoms with Crippen molar-refractivity contribution in [2.75, 3.05) is 0 Å². The molecule has 1 saturated heterocycles. The molecule has 0 spiro atoms. The molecule has 0 aromatic heterocycles. The van der Waals surface area contributed by atoms with Crippen molar-refractivity contribution in [2.45, 2.75) is 30.5 Å². The van der Waals surface area contributed by atoms with E-state index in [1.54, 1.807) is 0 Å². The molecule has 0 amide bonds. The van der Waals surface area contributed by atoms with Crippen molar-refractivity contribution >= 4 is 5.97 Å². The van der Waals surface area contributed by atoms with Crippen LogP contribution < -0.4 is 0 Å². The Bertz CT molecular complexity index is 269. The number of carboxylic acid groups (broad SMARTS) is 1. The lowest BCUT2D eigenvalue weighted by molar-refractivity contribution is -0.215. The summed E-state index contributed by atoms with van der Waals surface area (Å²) in [6.45, 7) is 0. The van der Waals surface area contributed by atoms with E-state index in [0.717, 1.165) is 0 Å². The summed E-state index contributed by atoms with van der Waals surface area (Å²) >= 11 is 0. The second kappa shape index (κ2) is 3.94. The molecule has 4 N–H and O–H groups in total. The number of carboxylic acids is 1. The summed E-state index contributed by atoms with van der Waals surface area (Å²) in [5.74, 6) is 0.542. The normalized spacial score (nSPS) is 42.9. The van der Waals surface area contributed by atoms with E-state index in [9.17, 15) is 20.1 Å². The largest absolute Gasteiger partial charge is 0.479 e. The molecule has 1 rings (SSSR count). The van der Waals surface area contributed by atoms with Gasteiger partial charge in [-0.05, 0) is 0 Å². The maximum Gasteiger partial charge on any atom is 0.335 e. The van der Waals surface area contributed by atoms with E-state index in [4.69, 9.17) is 16.3 Å². The quantitative estimate of drug-likeness (QED) is 0.352. The second-order valence-electron chi connectivity index (χ2n) is 2.95. The van der Waals surface area contributed by atoms with Crippen LogP contribution in [0.15, 0.2) is 0 Å². The summed E-state index contributed by atoms with van der Waals surface area (Å²) < 4.78 is 4.70. The van der Waals surface area contributed by atoms with Crippen molar-refractivity contribution in [2.24, 2.45) is 0 Å². The molecular weight excluding hydrogens is 192 g/mol. The second-order valence-corrected chi connectivity index (χ2v) is 2.95. The fraction of sp³-hybridized carbons (Fsp3) is 0.625. The van der Waals surface area contributed by atoms with E-state index in [1.165, 1.54) is 0 Å². The number of ether oxygens (including phenoxy) is 1. The Morgan fingerprint density at radius 3 is 2.21 bits per heavy atom. The highest BCUT2D eigenvalue weighted by Gasteiger charge is 2.46. The van der Waals surface area contributed by atoms with Crippen LogP contribution in [0.4, 0.5) is 0 Å². The van der Waals surface area contributed by atoms with Gasteiger partial charge in [-0.15, -0.1) is 6.42 Å². The first kappa shape index (κ1) is 10.9. The van der Waals surface area contributed by atoms with Crippen LogP contribution in [-0.2, 0) is 9.53 Å². The maximum absolute atomic E-state index is 10.5. The van der Waals surface area contributed by atoms with E-state index in [2.05, 4.69) is 0 Å². The Balaban J connectivity index is 2.85. The van der Waals surface area contributed by atoms with Gasteiger partial charge < -0.3 is 25.2 Å². The summed E-state index contributed by atoms with van der Waals surface area (Å²) in [4.78, 5) is 10.5. The number of rotatable bonds is 1. The van der Waals surface area contributed by atoms with Crippen LogP contribution in [0, 0.1) is 12.3 Å². The van der Waals surface area contributed by atoms with Crippen LogP contribution >= 0.6 is 0 Å². The third kappa shape index (κ3) is 1.71. The monoisotopic (exact) mass is 202 g/mol. The van der Waals surface area contributed by atoms with Crippen molar-refractivity contribution in [3.63, 3.8) is 0 Å². The van der Waals surface area contributed by atoms with Gasteiger partial charge in [0.1, 0.15) is 24.4 Å². The van der Waals surface area contributed by atoms with Gasteiger partial charge in [0.15, 0.2) is 6.10 Å². The Morgan fingerprint density at radius 1 is 1.21 bits per heavy atom. The van der Waals surface area contributed by atoms with Gasteiger partial charge in [-0.1, -0.05) is 5.92 Å². The molecule has 1 heterocycles. The summed E-state index contributed by atoms with van der Waals surface area (Å²) in [5.41, 5.74) is 0. The molecule has 5 atom stereocenters. The van der Waals surface area contributed by atoms with Gasteiger partial charge in [0.25, 0.3) is 0 Å². The number of hydrogen-bond acceptors (Lipinski definition) is 5. The van der Waals surface area contributed by atoms with Gasteiger partial charge in [-0.3, -0.25) is 0 Å². The zero-order valence-electron chi connectivity index (χ0n) is 7.07. The van der Waals surface area contributed by atoms with Gasteiger partial charge in [-0.25, -0.2) is 4.79 Å². The molecule has 0 aromatic carbocycles. The molecule has 1 aliphatic rings. The van der Waals surface area contributed by atoms with Gasteiger partial charge in [-0.2, -0.15) is 0 Å². The lowest BCUT2D eigenvalue weighted by Gasteiger charge is -2.36. The molecule has 0 aromatic rings. The van der Waals surface area contributed by atoms with Crippen molar-refractivity contribution in [1.29, 1.82) is 0 Å². The molecule has 6 nitrogen and oxygen atoms in total. The highest BCUT2D eigenvalue weighted by atomic mass is 16.6. The molecule has 0 bridgehead atoms. The molecular formula is C8H10O6. The van der Waals surface area contributed by atoms with Gasteiger partial charge in [0.2, 0.25) is 0 Å². The highest BCUT2D eigenvalue weighted by molar-refractivity contribution is 5.73. The predicted octanol–water partition coefficient (Wildman–Crippen LogP) is -2.45. The fourth-order valence-corrected chi connectivity index (χ4v) is 1.22. The van der Waals surface area contributed by atoms with Crippen LogP contribution in [0.25, 0.3) is 0 Å². The predicted molar refractivity (Wildman–Crippen MR) is 43.2 cm³/mol. The van der Waals surface area contributed by atoms with E-state index < -0.39 is 36.5 Å². The molecule has 4 unspecified atom stereocenters. The summed E-state index contributed by atoms with van der Waals surface area (Å²) in [7, 11) is 0. The van der Waals surface area contributed by atoms with E-state index in [-0.39, 0.29) is 0 Å². The molecule has 6 heteroatoms. The minimum absolute atomic E-state index is 1.23. The number of aliphatic hydroxyl groups excluding tert-OH is 3. The average molecular weight is 202 g/mol. The molecule has 0 saturated carbocycles. The average Bonchev–Trinajstić information content (AvgIpc) is 2.14. The van der Waals surface area contributed by atoms with Crippen molar-refractivity contribution < 1.29 is 30.0 Å². The van der Waals surface area contributed by atoms with Gasteiger partial charge in [0, 0.05) is 0 Å². The molecule has 0 aliphatic carbocycles. The first-order chi connectivity index (χ1) is 6.49. The minimum atomic E-state index is -1.69. The summed E-state index contributed by atoms with van der Waals surface area (Å²) in [6.07, 6.45) is -2.69. The zero-order valence-corrected chi connectivity index (χ0v) is 7.07. The first-order valence-corrected chi connectivity index (χ1v) is 3.87. The third-order valence-electron chi connectivity index (χ3n) is 2.02. The lowest BCUT2D eigenvalue weighted by atomic mass is 9.95. The number of aliphatic carboxylic acids is 1. The van der Waals surface area contributed by atoms with Crippen LogP contribution in [0.2, 0.25) is 0 Å². The standard InChI is InChI=1S/C8H10O6/c1-2-3-4(9)5(10)6(11)7(14-3)8(12)13/h1,3-7,9-11H,(H,12,13)/t3?,4?,5?,6?,7-/m0/s1. The zero-order chi connectivity index (χ0) is 10.9. The third-order valence-corrected chi connectivity index (χ3v) is 2.02. The number of carbonyl (C=O) groups is 1. The van der Waals surface area contributed by atoms with E-state index >= 15 is 0 Å². The van der Waals surface area contributed by atoms with Gasteiger partial charge >= 0.3 is 5.97 Å². The van der Waals surface area contributed by atoms with Crippen molar-refractivity contribution in [1.82, 2.24) is 0 Å². The Morgan fingerprint density at radius 2 is 1.79 bits per heavy atom. The van der Waals surface area contributed by atoms with Gasteiger partial charge in [0.05, 0.1) is 0 Å². The summed E-state index contributed by atoms with van der Waals surface area (Å²) in [5, 5.41) is 36.3. The van der Waals surface area contributed by atoms with Crippen LogP contribution in [0.1, 0.15) is 0 Å². The van der Waals surface area contributed by atoms with Crippen molar-refractivity contribution in [3.05, 3.63) is 0 Å². The van der Waals surface area contributed by atoms with Crippen LogP contribution in [0.5, 0.6) is 0 Å². The number of aliphatic hydroxyl groups is 3. The fourth-order valence-electron chi connectivity index (χ4n) is 1.22. The minimum Gasteiger partial charge on any atom is -0.479 e. The van der Waals surface area contributed by atoms with Crippen LogP contribution in [0.3, 0.4) is 0 Å². The lowest BCUT2D eigenvalue weighted by Crippen LogP contribution is -2.59.